The van der Waals surface area contributed by atoms with Gasteiger partial charge in [0.15, 0.2) is 0 Å². The Morgan fingerprint density at radius 2 is 2.00 bits per heavy atom. The number of sulfonamides is 1. The zero-order chi connectivity index (χ0) is 14.5. The number of ether oxygens (including phenoxy) is 1. The third-order valence-corrected chi connectivity index (χ3v) is 4.01. The van der Waals surface area contributed by atoms with Gasteiger partial charge in [-0.3, -0.25) is 0 Å². The lowest BCUT2D eigenvalue weighted by Crippen LogP contribution is -2.18. The van der Waals surface area contributed by atoms with Gasteiger partial charge in [0.1, 0.15) is 5.75 Å². The fourth-order valence-corrected chi connectivity index (χ4v) is 2.53. The van der Waals surface area contributed by atoms with Crippen LogP contribution in [0.15, 0.2) is 18.2 Å². The van der Waals surface area contributed by atoms with E-state index in [2.05, 4.69) is 0 Å². The first-order chi connectivity index (χ1) is 8.78. The third kappa shape index (κ3) is 7.01. The predicted molar refractivity (Wildman–Crippen MR) is 78.3 cm³/mol. The minimum atomic E-state index is -3.39. The van der Waals surface area contributed by atoms with Gasteiger partial charge in [0.25, 0.3) is 0 Å². The molecule has 7 heteroatoms. The molecule has 0 aliphatic heterocycles. The molecule has 1 rings (SSSR count). The van der Waals surface area contributed by atoms with Crippen LogP contribution in [0.1, 0.15) is 19.8 Å². The van der Waals surface area contributed by atoms with Crippen molar-refractivity contribution in [3.63, 3.8) is 0 Å². The molecule has 1 aromatic carbocycles. The summed E-state index contributed by atoms with van der Waals surface area (Å²) in [6, 6.07) is 5.01. The van der Waals surface area contributed by atoms with Crippen molar-refractivity contribution >= 4 is 33.2 Å². The van der Waals surface area contributed by atoms with E-state index >= 15 is 0 Å². The molecule has 0 saturated carbocycles. The molecule has 0 amide bonds. The molecular weight excluding hydrogens is 309 g/mol. The molecule has 0 aromatic heterocycles. The molecule has 0 saturated heterocycles. The first-order valence-corrected chi connectivity index (χ1v) is 8.33. The molecule has 0 radical (unpaired) electrons. The van der Waals surface area contributed by atoms with E-state index in [0.717, 1.165) is 6.42 Å². The zero-order valence-corrected chi connectivity index (χ0v) is 12.9. The molecule has 0 fully saturated rings. The summed E-state index contributed by atoms with van der Waals surface area (Å²) in [5, 5.41) is 6.01. The van der Waals surface area contributed by atoms with Gasteiger partial charge in [-0.05, 0) is 30.9 Å². The Hall–Kier alpha value is -0.490. The number of benzene rings is 1. The molecule has 19 heavy (non-hydrogen) atoms. The van der Waals surface area contributed by atoms with Crippen LogP contribution in [0.2, 0.25) is 10.0 Å². The first-order valence-electron chi connectivity index (χ1n) is 5.86. The predicted octanol–water partition coefficient (Wildman–Crippen LogP) is 3.08. The molecule has 0 aliphatic carbocycles. The molecule has 2 N–H and O–H groups in total. The van der Waals surface area contributed by atoms with Gasteiger partial charge in [-0.15, -0.1) is 0 Å². The van der Waals surface area contributed by atoms with Gasteiger partial charge in [-0.1, -0.05) is 30.1 Å². The lowest BCUT2D eigenvalue weighted by Gasteiger charge is -2.12. The molecule has 4 nitrogen and oxygen atoms in total. The maximum atomic E-state index is 10.8. The van der Waals surface area contributed by atoms with Gasteiger partial charge in [-0.25, -0.2) is 13.6 Å². The minimum absolute atomic E-state index is 0.00785. The fraction of sp³-hybridized carbons (Fsp3) is 0.500. The van der Waals surface area contributed by atoms with Crippen molar-refractivity contribution in [2.24, 2.45) is 11.1 Å². The summed E-state index contributed by atoms with van der Waals surface area (Å²) in [4.78, 5) is 0. The Balaban J connectivity index is 2.35. The summed E-state index contributed by atoms with van der Waals surface area (Å²) in [6.07, 6.45) is 1.24. The van der Waals surface area contributed by atoms with E-state index in [-0.39, 0.29) is 11.7 Å². The van der Waals surface area contributed by atoms with Crippen molar-refractivity contribution in [2.75, 3.05) is 12.4 Å². The summed E-state index contributed by atoms with van der Waals surface area (Å²) in [5.74, 6) is 0.732. The van der Waals surface area contributed by atoms with Crippen LogP contribution in [0.25, 0.3) is 0 Å². The SMILES string of the molecule is CC(CCOc1cc(Cl)ccc1Cl)CCS(N)(=O)=O. The average Bonchev–Trinajstić information content (AvgIpc) is 2.30. The molecule has 0 aliphatic rings. The smallest absolute Gasteiger partial charge is 0.209 e. The van der Waals surface area contributed by atoms with Gasteiger partial charge in [-0.2, -0.15) is 0 Å². The summed E-state index contributed by atoms with van der Waals surface area (Å²) >= 11 is 11.8. The van der Waals surface area contributed by atoms with Crippen LogP contribution in [-0.4, -0.2) is 20.8 Å². The summed E-state index contributed by atoms with van der Waals surface area (Å²) in [6.45, 7) is 2.40. The average molecular weight is 326 g/mol. The molecule has 0 bridgehead atoms. The van der Waals surface area contributed by atoms with Crippen molar-refractivity contribution < 1.29 is 13.2 Å². The van der Waals surface area contributed by atoms with E-state index in [0.29, 0.717) is 28.8 Å². The number of hydrogen-bond acceptors (Lipinski definition) is 3. The van der Waals surface area contributed by atoms with E-state index in [9.17, 15) is 8.42 Å². The maximum absolute atomic E-state index is 10.8. The molecule has 0 spiro atoms. The third-order valence-electron chi connectivity index (χ3n) is 2.66. The van der Waals surface area contributed by atoms with Gasteiger partial charge >= 0.3 is 0 Å². The minimum Gasteiger partial charge on any atom is -0.492 e. The Bertz CT molecular complexity index is 520. The molecule has 1 aromatic rings. The fourth-order valence-electron chi connectivity index (χ4n) is 1.47. The van der Waals surface area contributed by atoms with E-state index in [4.69, 9.17) is 33.1 Å². The first kappa shape index (κ1) is 16.6. The summed E-state index contributed by atoms with van der Waals surface area (Å²) in [7, 11) is -3.39. The number of halogens is 2. The van der Waals surface area contributed by atoms with Crippen LogP contribution >= 0.6 is 23.2 Å². The summed E-state index contributed by atoms with van der Waals surface area (Å²) < 4.78 is 27.2. The summed E-state index contributed by atoms with van der Waals surface area (Å²) in [5.41, 5.74) is 0. The highest BCUT2D eigenvalue weighted by molar-refractivity contribution is 7.89. The highest BCUT2D eigenvalue weighted by Gasteiger charge is 2.09. The second-order valence-electron chi connectivity index (χ2n) is 4.47. The van der Waals surface area contributed by atoms with E-state index in [1.54, 1.807) is 18.2 Å². The number of rotatable bonds is 7. The van der Waals surface area contributed by atoms with Gasteiger partial charge < -0.3 is 4.74 Å². The highest BCUT2D eigenvalue weighted by Crippen LogP contribution is 2.28. The van der Waals surface area contributed by atoms with Crippen molar-refractivity contribution in [1.29, 1.82) is 0 Å². The van der Waals surface area contributed by atoms with E-state index in [1.165, 1.54) is 0 Å². The molecule has 108 valence electrons. The van der Waals surface area contributed by atoms with Crippen LogP contribution in [0.5, 0.6) is 5.75 Å². The quantitative estimate of drug-likeness (QED) is 0.837. The van der Waals surface area contributed by atoms with Crippen molar-refractivity contribution in [2.45, 2.75) is 19.8 Å². The van der Waals surface area contributed by atoms with Gasteiger partial charge in [0.05, 0.1) is 17.4 Å². The van der Waals surface area contributed by atoms with Gasteiger partial charge in [0, 0.05) is 11.1 Å². The molecule has 0 heterocycles. The second kappa shape index (κ2) is 7.33. The highest BCUT2D eigenvalue weighted by atomic mass is 35.5. The van der Waals surface area contributed by atoms with E-state index < -0.39 is 10.0 Å². The Kier molecular flexibility index (Phi) is 6.39. The topological polar surface area (TPSA) is 69.4 Å². The number of hydrogen-bond donors (Lipinski definition) is 1. The van der Waals surface area contributed by atoms with Crippen molar-refractivity contribution in [1.82, 2.24) is 0 Å². The normalized spacial score (nSPS) is 13.3. The maximum Gasteiger partial charge on any atom is 0.209 e. The molecule has 1 atom stereocenters. The largest absolute Gasteiger partial charge is 0.492 e. The van der Waals surface area contributed by atoms with E-state index in [1.807, 2.05) is 6.92 Å². The molecular formula is C12H17Cl2NO3S. The Labute approximate surface area is 123 Å². The van der Waals surface area contributed by atoms with Crippen molar-refractivity contribution in [3.05, 3.63) is 28.2 Å². The van der Waals surface area contributed by atoms with Crippen LogP contribution in [0.3, 0.4) is 0 Å². The van der Waals surface area contributed by atoms with Crippen LogP contribution in [0.4, 0.5) is 0 Å². The molecule has 1 unspecified atom stereocenters. The number of primary sulfonamides is 1. The monoisotopic (exact) mass is 325 g/mol. The Morgan fingerprint density at radius 1 is 1.32 bits per heavy atom. The second-order valence-corrected chi connectivity index (χ2v) is 7.05. The van der Waals surface area contributed by atoms with Crippen LogP contribution in [0, 0.1) is 5.92 Å². The zero-order valence-electron chi connectivity index (χ0n) is 10.6. The number of nitrogens with two attached hydrogens (primary N) is 1. The lowest BCUT2D eigenvalue weighted by molar-refractivity contribution is 0.282. The standard InChI is InChI=1S/C12H17Cl2NO3S/c1-9(5-7-19(15,16)17)4-6-18-12-8-10(13)2-3-11(12)14/h2-3,8-9H,4-7H2,1H3,(H2,15,16,17). The van der Waals surface area contributed by atoms with Crippen LogP contribution < -0.4 is 9.88 Å². The van der Waals surface area contributed by atoms with Crippen molar-refractivity contribution in [3.8, 4) is 5.75 Å². The lowest BCUT2D eigenvalue weighted by atomic mass is 10.1. The Morgan fingerprint density at radius 3 is 2.63 bits per heavy atom. The van der Waals surface area contributed by atoms with Crippen LogP contribution in [-0.2, 0) is 10.0 Å². The van der Waals surface area contributed by atoms with Gasteiger partial charge in [0.2, 0.25) is 10.0 Å².